The van der Waals surface area contributed by atoms with Crippen molar-refractivity contribution in [1.29, 1.82) is 0 Å². The minimum absolute atomic E-state index is 0.233. The van der Waals surface area contributed by atoms with Crippen molar-refractivity contribution in [2.45, 2.75) is 18.9 Å². The van der Waals surface area contributed by atoms with Gasteiger partial charge in [-0.1, -0.05) is 12.1 Å². The van der Waals surface area contributed by atoms with Crippen LogP contribution in [0.5, 0.6) is 0 Å². The van der Waals surface area contributed by atoms with Crippen LogP contribution in [0.15, 0.2) is 40.2 Å². The van der Waals surface area contributed by atoms with Gasteiger partial charge in [-0.3, -0.25) is 0 Å². The van der Waals surface area contributed by atoms with Crippen molar-refractivity contribution in [1.82, 2.24) is 0 Å². The number of rotatable bonds is 3. The van der Waals surface area contributed by atoms with Gasteiger partial charge in [-0.05, 0) is 46.6 Å². The average molecular weight is 314 g/mol. The summed E-state index contributed by atoms with van der Waals surface area (Å²) in [6.07, 6.45) is 0.745. The highest BCUT2D eigenvalue weighted by atomic mass is 79.9. The summed E-state index contributed by atoms with van der Waals surface area (Å²) < 4.78 is 13.9. The van der Waals surface area contributed by atoms with E-state index in [-0.39, 0.29) is 5.82 Å². The van der Waals surface area contributed by atoms with Crippen molar-refractivity contribution in [3.8, 4) is 0 Å². The molecule has 1 heterocycles. The van der Waals surface area contributed by atoms with Gasteiger partial charge in [0.1, 0.15) is 5.82 Å². The fraction of sp³-hybridized carbons (Fsp3) is 0.231. The van der Waals surface area contributed by atoms with E-state index in [2.05, 4.69) is 22.0 Å². The van der Waals surface area contributed by atoms with Crippen LogP contribution >= 0.6 is 27.3 Å². The van der Waals surface area contributed by atoms with Gasteiger partial charge in [0.25, 0.3) is 0 Å². The first-order valence-electron chi connectivity index (χ1n) is 5.25. The Morgan fingerprint density at radius 3 is 2.53 bits per heavy atom. The molecule has 0 aliphatic rings. The van der Waals surface area contributed by atoms with Crippen molar-refractivity contribution in [3.05, 3.63) is 56.4 Å². The lowest BCUT2D eigenvalue weighted by Crippen LogP contribution is -2.35. The van der Waals surface area contributed by atoms with Gasteiger partial charge < -0.3 is 5.73 Å². The Kier molecular flexibility index (Phi) is 3.66. The lowest BCUT2D eigenvalue weighted by molar-refractivity contribution is 0.494. The number of nitrogens with two attached hydrogens (primary N) is 1. The van der Waals surface area contributed by atoms with Crippen molar-refractivity contribution in [2.75, 3.05) is 0 Å². The number of halogens is 2. The molecule has 2 N–H and O–H groups in total. The van der Waals surface area contributed by atoms with Crippen molar-refractivity contribution in [2.24, 2.45) is 5.73 Å². The van der Waals surface area contributed by atoms with Crippen LogP contribution in [0, 0.1) is 5.82 Å². The second kappa shape index (κ2) is 4.88. The van der Waals surface area contributed by atoms with Gasteiger partial charge in [-0.15, -0.1) is 11.3 Å². The molecule has 1 aromatic heterocycles. The summed E-state index contributed by atoms with van der Waals surface area (Å²) in [6, 6.07) is 8.46. The van der Waals surface area contributed by atoms with E-state index in [1.807, 2.05) is 12.3 Å². The molecule has 0 bridgehead atoms. The van der Waals surface area contributed by atoms with E-state index in [1.54, 1.807) is 23.5 Å². The van der Waals surface area contributed by atoms with E-state index in [4.69, 9.17) is 5.73 Å². The van der Waals surface area contributed by atoms with Gasteiger partial charge >= 0.3 is 0 Å². The third-order valence-corrected chi connectivity index (χ3v) is 4.36. The van der Waals surface area contributed by atoms with Crippen LogP contribution in [0.1, 0.15) is 17.4 Å². The minimum atomic E-state index is -0.474. The van der Waals surface area contributed by atoms with E-state index in [0.717, 1.165) is 16.5 Å². The molecule has 2 rings (SSSR count). The molecular weight excluding hydrogens is 301 g/mol. The van der Waals surface area contributed by atoms with Crippen molar-refractivity contribution in [3.63, 3.8) is 0 Å². The van der Waals surface area contributed by atoms with Gasteiger partial charge in [0.05, 0.1) is 0 Å². The van der Waals surface area contributed by atoms with Crippen LogP contribution in [0.3, 0.4) is 0 Å². The Balaban J connectivity index is 2.21. The van der Waals surface area contributed by atoms with Crippen LogP contribution in [0.25, 0.3) is 0 Å². The molecule has 1 atom stereocenters. The number of hydrogen-bond acceptors (Lipinski definition) is 2. The molecule has 0 aliphatic heterocycles. The molecule has 1 unspecified atom stereocenters. The van der Waals surface area contributed by atoms with Crippen molar-refractivity contribution >= 4 is 27.3 Å². The van der Waals surface area contributed by atoms with Gasteiger partial charge in [-0.25, -0.2) is 4.39 Å². The van der Waals surface area contributed by atoms with Gasteiger partial charge in [0.2, 0.25) is 0 Å². The molecule has 2 aromatic rings. The summed E-state index contributed by atoms with van der Waals surface area (Å²) in [4.78, 5) is 1.21. The van der Waals surface area contributed by atoms with Crippen LogP contribution in [-0.2, 0) is 12.0 Å². The van der Waals surface area contributed by atoms with E-state index in [0.29, 0.717) is 0 Å². The smallest absolute Gasteiger partial charge is 0.123 e. The highest BCUT2D eigenvalue weighted by molar-refractivity contribution is 9.10. The number of thiophene rings is 1. The summed E-state index contributed by atoms with van der Waals surface area (Å²) in [5.74, 6) is -0.233. The van der Waals surface area contributed by atoms with Crippen LogP contribution in [0.2, 0.25) is 0 Å². The van der Waals surface area contributed by atoms with Crippen LogP contribution < -0.4 is 5.73 Å². The predicted octanol–water partition coefficient (Wildman–Crippen LogP) is 4.07. The molecule has 0 aliphatic carbocycles. The maximum absolute atomic E-state index is 12.9. The van der Waals surface area contributed by atoms with Crippen LogP contribution in [-0.4, -0.2) is 0 Å². The largest absolute Gasteiger partial charge is 0.321 e. The Morgan fingerprint density at radius 2 is 2.00 bits per heavy atom. The molecular formula is C13H13BrFNS. The third-order valence-electron chi connectivity index (χ3n) is 2.67. The fourth-order valence-corrected chi connectivity index (χ4v) is 3.36. The Bertz CT molecular complexity index is 504. The summed E-state index contributed by atoms with van der Waals surface area (Å²) >= 11 is 5.10. The zero-order valence-corrected chi connectivity index (χ0v) is 11.8. The second-order valence-electron chi connectivity index (χ2n) is 4.33. The van der Waals surface area contributed by atoms with Crippen molar-refractivity contribution < 1.29 is 4.39 Å². The van der Waals surface area contributed by atoms with Gasteiger partial charge in [-0.2, -0.15) is 0 Å². The molecule has 17 heavy (non-hydrogen) atoms. The van der Waals surface area contributed by atoms with Gasteiger partial charge in [0, 0.05) is 26.7 Å². The third kappa shape index (κ3) is 3.15. The fourth-order valence-electron chi connectivity index (χ4n) is 1.74. The molecule has 0 saturated heterocycles. The molecule has 0 saturated carbocycles. The average Bonchev–Trinajstić information content (AvgIpc) is 2.63. The van der Waals surface area contributed by atoms with Crippen LogP contribution in [0.4, 0.5) is 4.39 Å². The zero-order valence-electron chi connectivity index (χ0n) is 9.41. The Hall–Kier alpha value is -0.710. The first kappa shape index (κ1) is 12.7. The molecule has 0 amide bonds. The Labute approximate surface area is 113 Å². The molecule has 90 valence electrons. The number of benzene rings is 1. The maximum Gasteiger partial charge on any atom is 0.123 e. The molecule has 0 radical (unpaired) electrons. The quantitative estimate of drug-likeness (QED) is 0.908. The number of hydrogen-bond donors (Lipinski definition) is 1. The molecule has 0 spiro atoms. The minimum Gasteiger partial charge on any atom is -0.321 e. The summed E-state index contributed by atoms with van der Waals surface area (Å²) in [5, 5.41) is 2.04. The molecule has 0 fully saturated rings. The standard InChI is InChI=1S/C13H13BrFNS/c1-13(16,7-12-6-10(14)8-17-12)9-2-4-11(15)5-3-9/h2-6,8H,7,16H2,1H3. The van der Waals surface area contributed by atoms with E-state index >= 15 is 0 Å². The van der Waals surface area contributed by atoms with Gasteiger partial charge in [0.15, 0.2) is 0 Å². The monoisotopic (exact) mass is 313 g/mol. The highest BCUT2D eigenvalue weighted by Gasteiger charge is 2.22. The summed E-state index contributed by atoms with van der Waals surface area (Å²) in [6.45, 7) is 1.97. The van der Waals surface area contributed by atoms with E-state index < -0.39 is 5.54 Å². The predicted molar refractivity (Wildman–Crippen MR) is 73.7 cm³/mol. The Morgan fingerprint density at radius 1 is 1.35 bits per heavy atom. The van der Waals surface area contributed by atoms with E-state index in [9.17, 15) is 4.39 Å². The summed E-state index contributed by atoms with van der Waals surface area (Å²) in [7, 11) is 0. The topological polar surface area (TPSA) is 26.0 Å². The zero-order chi connectivity index (χ0) is 12.5. The SMILES string of the molecule is CC(N)(Cc1cc(Br)cs1)c1ccc(F)cc1. The first-order valence-corrected chi connectivity index (χ1v) is 6.92. The maximum atomic E-state index is 12.9. The second-order valence-corrected chi connectivity index (χ2v) is 6.24. The summed E-state index contributed by atoms with van der Waals surface area (Å²) in [5.41, 5.74) is 6.77. The normalized spacial score (nSPS) is 14.6. The first-order chi connectivity index (χ1) is 7.97. The molecule has 1 nitrogen and oxygen atoms in total. The lowest BCUT2D eigenvalue weighted by atomic mass is 9.89. The molecule has 4 heteroatoms. The van der Waals surface area contributed by atoms with E-state index in [1.165, 1.54) is 17.0 Å². The molecule has 1 aromatic carbocycles. The highest BCUT2D eigenvalue weighted by Crippen LogP contribution is 2.28. The lowest BCUT2D eigenvalue weighted by Gasteiger charge is -2.24.